The minimum Gasteiger partial charge on any atom is -0.309 e. The molecule has 0 amide bonds. The summed E-state index contributed by atoms with van der Waals surface area (Å²) in [6.07, 6.45) is 0. The minimum absolute atomic E-state index is 0.534. The lowest BCUT2D eigenvalue weighted by atomic mass is 10.0. The summed E-state index contributed by atoms with van der Waals surface area (Å²) in [5, 5.41) is 4.64. The third kappa shape index (κ3) is 6.02. The highest BCUT2D eigenvalue weighted by Gasteiger charge is 2.21. The summed E-state index contributed by atoms with van der Waals surface area (Å²) in [6.45, 7) is 0. The number of rotatable bonds is 7. The van der Waals surface area contributed by atoms with Crippen molar-refractivity contribution >= 4 is 43.6 Å². The first-order valence-corrected chi connectivity index (χ1v) is 20.7. The quantitative estimate of drug-likeness (QED) is 0.161. The second kappa shape index (κ2) is 14.6. The summed E-state index contributed by atoms with van der Waals surface area (Å²) < 4.78 is 4.55. The van der Waals surface area contributed by atoms with Crippen LogP contribution in [-0.4, -0.2) is 34.1 Å². The molecule has 0 aliphatic heterocycles. The second-order valence-electron chi connectivity index (χ2n) is 15.4. The molecule has 12 aromatic rings. The first-order chi connectivity index (χ1) is 30.7. The molecule has 7 nitrogen and oxygen atoms in total. The van der Waals surface area contributed by atoms with Gasteiger partial charge in [0.15, 0.2) is 17.5 Å². The molecule has 0 aliphatic carbocycles. The van der Waals surface area contributed by atoms with Gasteiger partial charge in [0.25, 0.3) is 0 Å². The van der Waals surface area contributed by atoms with E-state index in [0.29, 0.717) is 23.4 Å². The van der Waals surface area contributed by atoms with E-state index in [1.165, 1.54) is 10.8 Å². The minimum atomic E-state index is 0.534. The fourth-order valence-electron chi connectivity index (χ4n) is 8.70. The summed E-state index contributed by atoms with van der Waals surface area (Å²) in [5.41, 5.74) is 11.7. The Morgan fingerprint density at radius 2 is 0.710 bits per heavy atom. The Bertz CT molecular complexity index is 3560. The zero-order valence-corrected chi connectivity index (χ0v) is 33.3. The van der Waals surface area contributed by atoms with Crippen molar-refractivity contribution in [1.82, 2.24) is 34.1 Å². The highest BCUT2D eigenvalue weighted by atomic mass is 15.2. The maximum Gasteiger partial charge on any atom is 0.238 e. The Morgan fingerprint density at radius 3 is 1.34 bits per heavy atom. The normalized spacial score (nSPS) is 11.5. The highest BCUT2D eigenvalue weighted by molar-refractivity contribution is 6.19. The van der Waals surface area contributed by atoms with Crippen LogP contribution in [0.1, 0.15) is 0 Å². The van der Waals surface area contributed by atoms with Crippen LogP contribution >= 0.6 is 0 Å². The largest absolute Gasteiger partial charge is 0.309 e. The topological polar surface area (TPSA) is 74.3 Å². The zero-order chi connectivity index (χ0) is 41.0. The Hall–Kier alpha value is -8.55. The maximum absolute atomic E-state index is 5.34. The van der Waals surface area contributed by atoms with Crippen molar-refractivity contribution in [3.63, 3.8) is 0 Å². The predicted molar refractivity (Wildman–Crippen MR) is 251 cm³/mol. The molecule has 0 unspecified atom stereocenters. The smallest absolute Gasteiger partial charge is 0.238 e. The number of hydrogen-bond acceptors (Lipinski definition) is 5. The summed E-state index contributed by atoms with van der Waals surface area (Å²) in [7, 11) is 0. The van der Waals surface area contributed by atoms with Crippen molar-refractivity contribution in [3.8, 4) is 68.3 Å². The molecule has 290 valence electrons. The van der Waals surface area contributed by atoms with E-state index in [9.17, 15) is 0 Å². The van der Waals surface area contributed by atoms with E-state index < -0.39 is 0 Å². The van der Waals surface area contributed by atoms with Crippen LogP contribution in [0.2, 0.25) is 0 Å². The molecule has 8 aromatic carbocycles. The first kappa shape index (κ1) is 35.4. The summed E-state index contributed by atoms with van der Waals surface area (Å²) in [5.74, 6) is 2.34. The maximum atomic E-state index is 5.34. The molecule has 12 rings (SSSR count). The first-order valence-electron chi connectivity index (χ1n) is 20.7. The zero-order valence-electron chi connectivity index (χ0n) is 33.3. The summed E-state index contributed by atoms with van der Waals surface area (Å²) >= 11 is 0. The van der Waals surface area contributed by atoms with Crippen LogP contribution in [0.3, 0.4) is 0 Å². The Balaban J connectivity index is 1.08. The van der Waals surface area contributed by atoms with Crippen molar-refractivity contribution in [3.05, 3.63) is 212 Å². The van der Waals surface area contributed by atoms with Crippen molar-refractivity contribution in [2.24, 2.45) is 0 Å². The number of aromatic nitrogens is 7. The van der Waals surface area contributed by atoms with Gasteiger partial charge in [-0.3, -0.25) is 4.57 Å². The third-order valence-corrected chi connectivity index (χ3v) is 11.6. The molecule has 4 heterocycles. The van der Waals surface area contributed by atoms with E-state index in [0.717, 1.165) is 77.7 Å². The number of benzene rings is 8. The molecule has 0 saturated heterocycles. The van der Waals surface area contributed by atoms with Gasteiger partial charge in [-0.2, -0.15) is 9.97 Å². The lowest BCUT2D eigenvalue weighted by Crippen LogP contribution is -2.06. The number of para-hydroxylation sites is 3. The molecule has 0 bridgehead atoms. The summed E-state index contributed by atoms with van der Waals surface area (Å²) in [6, 6.07) is 73.2. The SMILES string of the molecule is c1ccc(-c2cc(-c3cccc(-c4nc(-c5ccccc5)nc(-n5c6ccccc6c6cc7c8ccccc8n(-c8ccccc8)c7cc65)n4)c3)nc(-c3ccccc3)n2)cc1. The Labute approximate surface area is 356 Å². The lowest BCUT2D eigenvalue weighted by molar-refractivity contribution is 0.953. The van der Waals surface area contributed by atoms with Gasteiger partial charge in [0.2, 0.25) is 5.95 Å². The van der Waals surface area contributed by atoms with Crippen LogP contribution in [0.5, 0.6) is 0 Å². The molecule has 4 aromatic heterocycles. The molecular weight excluding hydrogens is 759 g/mol. The molecule has 0 saturated carbocycles. The van der Waals surface area contributed by atoms with Gasteiger partial charge in [-0.1, -0.05) is 164 Å². The van der Waals surface area contributed by atoms with Gasteiger partial charge in [0.05, 0.1) is 33.5 Å². The number of hydrogen-bond donors (Lipinski definition) is 0. The fraction of sp³-hybridized carbons (Fsp3) is 0. The van der Waals surface area contributed by atoms with Gasteiger partial charge >= 0.3 is 0 Å². The molecule has 0 spiro atoms. The third-order valence-electron chi connectivity index (χ3n) is 11.6. The van der Waals surface area contributed by atoms with Crippen LogP contribution in [-0.2, 0) is 0 Å². The fourth-order valence-corrected chi connectivity index (χ4v) is 8.70. The van der Waals surface area contributed by atoms with E-state index in [1.807, 2.05) is 84.9 Å². The van der Waals surface area contributed by atoms with E-state index in [-0.39, 0.29) is 0 Å². The van der Waals surface area contributed by atoms with E-state index in [1.54, 1.807) is 0 Å². The van der Waals surface area contributed by atoms with Gasteiger partial charge in [-0.15, -0.1) is 0 Å². The molecule has 0 fully saturated rings. The standard InChI is InChI=1S/C55H35N7/c1-5-18-36(19-6-1)46-34-47(57-52(56-46)37-20-7-2-8-21-37)39-24-17-25-40(32-39)54-58-53(38-22-9-3-10-23-38)59-55(60-54)62-49-31-16-14-29-43(49)45-33-44-42-28-13-15-30-48(42)61(50(44)35-51(45)62)41-26-11-4-12-27-41/h1-35H. The van der Waals surface area contributed by atoms with E-state index in [2.05, 4.69) is 137 Å². The van der Waals surface area contributed by atoms with Crippen LogP contribution in [0.15, 0.2) is 212 Å². The van der Waals surface area contributed by atoms with Gasteiger partial charge in [-0.25, -0.2) is 15.0 Å². The van der Waals surface area contributed by atoms with Crippen LogP contribution in [0.25, 0.3) is 112 Å². The van der Waals surface area contributed by atoms with Crippen molar-refractivity contribution < 1.29 is 0 Å². The van der Waals surface area contributed by atoms with Crippen molar-refractivity contribution in [2.75, 3.05) is 0 Å². The number of fused-ring (bicyclic) bond motifs is 6. The second-order valence-corrected chi connectivity index (χ2v) is 15.4. The van der Waals surface area contributed by atoms with Gasteiger partial charge in [-0.05, 0) is 48.5 Å². The molecule has 0 radical (unpaired) electrons. The van der Waals surface area contributed by atoms with E-state index >= 15 is 0 Å². The summed E-state index contributed by atoms with van der Waals surface area (Å²) in [4.78, 5) is 25.9. The molecule has 0 N–H and O–H groups in total. The monoisotopic (exact) mass is 793 g/mol. The molecule has 0 aliphatic rings. The van der Waals surface area contributed by atoms with Crippen LogP contribution in [0, 0.1) is 0 Å². The lowest BCUT2D eigenvalue weighted by Gasteiger charge is -2.12. The average molecular weight is 794 g/mol. The van der Waals surface area contributed by atoms with Crippen LogP contribution in [0.4, 0.5) is 0 Å². The Morgan fingerprint density at radius 1 is 0.258 bits per heavy atom. The Kier molecular flexibility index (Phi) is 8.35. The van der Waals surface area contributed by atoms with E-state index in [4.69, 9.17) is 24.9 Å². The van der Waals surface area contributed by atoms with Crippen LogP contribution < -0.4 is 0 Å². The molecule has 62 heavy (non-hydrogen) atoms. The van der Waals surface area contributed by atoms with Gasteiger partial charge < -0.3 is 4.57 Å². The highest BCUT2D eigenvalue weighted by Crippen LogP contribution is 2.40. The van der Waals surface area contributed by atoms with Gasteiger partial charge in [0.1, 0.15) is 0 Å². The molecular formula is C55H35N7. The predicted octanol–water partition coefficient (Wildman–Crippen LogP) is 13.2. The van der Waals surface area contributed by atoms with Crippen molar-refractivity contribution in [1.29, 1.82) is 0 Å². The molecule has 0 atom stereocenters. The molecule has 7 heteroatoms. The van der Waals surface area contributed by atoms with Gasteiger partial charge in [0, 0.05) is 55.0 Å². The number of nitrogens with zero attached hydrogens (tertiary/aromatic N) is 7. The average Bonchev–Trinajstić information content (AvgIpc) is 3.86. The van der Waals surface area contributed by atoms with Crippen molar-refractivity contribution in [2.45, 2.75) is 0 Å².